The number of rotatable bonds is 4. The van der Waals surface area contributed by atoms with Crippen LogP contribution in [-0.2, 0) is 11.2 Å². The number of carbonyl (C=O) groups excluding carboxylic acids is 1. The molecule has 0 aliphatic heterocycles. The Balaban J connectivity index is 2.39. The van der Waals surface area contributed by atoms with Gasteiger partial charge in [0.1, 0.15) is 5.78 Å². The van der Waals surface area contributed by atoms with Gasteiger partial charge in [0.05, 0.1) is 0 Å². The average molecular weight is 196 g/mol. The van der Waals surface area contributed by atoms with E-state index in [1.165, 1.54) is 9.75 Å². The average Bonchev–Trinajstić information content (AvgIpc) is 2.47. The molecule has 0 atom stereocenters. The standard InChI is InChI=1S/C11H16OS/c1-8(2)11(12)7-6-10-5-4-9(3)13-10/h4-5,8H,6-7H2,1-3H3. The number of hydrogen-bond acceptors (Lipinski definition) is 2. The fourth-order valence-electron chi connectivity index (χ4n) is 1.15. The highest BCUT2D eigenvalue weighted by atomic mass is 32.1. The summed E-state index contributed by atoms with van der Waals surface area (Å²) in [6.07, 6.45) is 1.60. The molecular formula is C11H16OS. The van der Waals surface area contributed by atoms with E-state index in [1.54, 1.807) is 11.3 Å². The monoisotopic (exact) mass is 196 g/mol. The van der Waals surface area contributed by atoms with E-state index in [9.17, 15) is 4.79 Å². The summed E-state index contributed by atoms with van der Waals surface area (Å²) in [7, 11) is 0. The molecule has 0 bridgehead atoms. The lowest BCUT2D eigenvalue weighted by atomic mass is 10.0. The molecular weight excluding hydrogens is 180 g/mol. The third-order valence-corrected chi connectivity index (χ3v) is 3.12. The van der Waals surface area contributed by atoms with Crippen molar-refractivity contribution in [2.24, 2.45) is 5.92 Å². The molecule has 0 unspecified atom stereocenters. The van der Waals surface area contributed by atoms with Gasteiger partial charge in [-0.25, -0.2) is 0 Å². The first kappa shape index (κ1) is 10.5. The van der Waals surface area contributed by atoms with Crippen LogP contribution in [0.25, 0.3) is 0 Å². The fraction of sp³-hybridized carbons (Fsp3) is 0.545. The Labute approximate surface area is 83.8 Å². The van der Waals surface area contributed by atoms with Crippen molar-refractivity contribution in [1.82, 2.24) is 0 Å². The Hall–Kier alpha value is -0.630. The Morgan fingerprint density at radius 2 is 2.15 bits per heavy atom. The van der Waals surface area contributed by atoms with Crippen molar-refractivity contribution in [3.8, 4) is 0 Å². The summed E-state index contributed by atoms with van der Waals surface area (Å²) in [5.41, 5.74) is 0. The maximum absolute atomic E-state index is 11.3. The molecule has 0 spiro atoms. The highest BCUT2D eigenvalue weighted by Gasteiger charge is 2.07. The van der Waals surface area contributed by atoms with Crippen molar-refractivity contribution in [3.63, 3.8) is 0 Å². The maximum atomic E-state index is 11.3. The van der Waals surface area contributed by atoms with Gasteiger partial charge < -0.3 is 0 Å². The second-order valence-corrected chi connectivity index (χ2v) is 5.01. The number of hydrogen-bond donors (Lipinski definition) is 0. The Kier molecular flexibility index (Phi) is 3.67. The first-order valence-corrected chi connectivity index (χ1v) is 5.49. The smallest absolute Gasteiger partial charge is 0.135 e. The van der Waals surface area contributed by atoms with Crippen molar-refractivity contribution >= 4 is 17.1 Å². The lowest BCUT2D eigenvalue weighted by Crippen LogP contribution is -2.07. The number of carbonyl (C=O) groups is 1. The first-order chi connectivity index (χ1) is 6.09. The topological polar surface area (TPSA) is 17.1 Å². The van der Waals surface area contributed by atoms with E-state index in [0.29, 0.717) is 12.2 Å². The summed E-state index contributed by atoms with van der Waals surface area (Å²) in [5, 5.41) is 0. The zero-order chi connectivity index (χ0) is 9.84. The lowest BCUT2D eigenvalue weighted by Gasteiger charge is -2.01. The highest BCUT2D eigenvalue weighted by Crippen LogP contribution is 2.17. The summed E-state index contributed by atoms with van der Waals surface area (Å²) in [6.45, 7) is 6.02. The third-order valence-electron chi connectivity index (χ3n) is 2.06. The molecule has 0 fully saturated rings. The molecule has 0 aliphatic rings. The van der Waals surface area contributed by atoms with Gasteiger partial charge in [-0.05, 0) is 25.5 Å². The summed E-state index contributed by atoms with van der Waals surface area (Å²) in [4.78, 5) is 14.0. The van der Waals surface area contributed by atoms with Gasteiger partial charge in [-0.2, -0.15) is 0 Å². The number of aryl methyl sites for hydroxylation is 2. The van der Waals surface area contributed by atoms with E-state index < -0.39 is 0 Å². The Morgan fingerprint density at radius 1 is 1.46 bits per heavy atom. The first-order valence-electron chi connectivity index (χ1n) is 4.67. The van der Waals surface area contributed by atoms with E-state index in [0.717, 1.165) is 6.42 Å². The van der Waals surface area contributed by atoms with Gasteiger partial charge in [0, 0.05) is 22.1 Å². The molecule has 0 aromatic carbocycles. The molecule has 0 amide bonds. The molecule has 0 saturated heterocycles. The van der Waals surface area contributed by atoms with Crippen LogP contribution in [0.2, 0.25) is 0 Å². The minimum absolute atomic E-state index is 0.182. The second-order valence-electron chi connectivity index (χ2n) is 3.63. The number of ketones is 1. The zero-order valence-electron chi connectivity index (χ0n) is 8.46. The summed E-state index contributed by atoms with van der Waals surface area (Å²) in [6, 6.07) is 4.23. The summed E-state index contributed by atoms with van der Waals surface area (Å²) in [5.74, 6) is 0.548. The van der Waals surface area contributed by atoms with E-state index in [-0.39, 0.29) is 5.92 Å². The maximum Gasteiger partial charge on any atom is 0.135 e. The quantitative estimate of drug-likeness (QED) is 0.722. The molecule has 72 valence electrons. The van der Waals surface area contributed by atoms with Crippen LogP contribution in [0.4, 0.5) is 0 Å². The predicted octanol–water partition coefficient (Wildman–Crippen LogP) is 3.21. The van der Waals surface area contributed by atoms with Crippen LogP contribution >= 0.6 is 11.3 Å². The SMILES string of the molecule is Cc1ccc(CCC(=O)C(C)C)s1. The minimum Gasteiger partial charge on any atom is -0.299 e. The Morgan fingerprint density at radius 3 is 2.62 bits per heavy atom. The van der Waals surface area contributed by atoms with Crippen molar-refractivity contribution in [2.75, 3.05) is 0 Å². The van der Waals surface area contributed by atoms with Crippen LogP contribution in [0.1, 0.15) is 30.0 Å². The van der Waals surface area contributed by atoms with E-state index >= 15 is 0 Å². The molecule has 0 saturated carbocycles. The van der Waals surface area contributed by atoms with Gasteiger partial charge >= 0.3 is 0 Å². The molecule has 0 N–H and O–H groups in total. The second kappa shape index (κ2) is 4.56. The van der Waals surface area contributed by atoms with E-state index in [1.807, 2.05) is 13.8 Å². The zero-order valence-corrected chi connectivity index (χ0v) is 9.28. The third kappa shape index (κ3) is 3.31. The fourth-order valence-corrected chi connectivity index (χ4v) is 2.04. The Bertz CT molecular complexity index is 286. The van der Waals surface area contributed by atoms with Gasteiger partial charge in [-0.3, -0.25) is 4.79 Å². The van der Waals surface area contributed by atoms with Crippen LogP contribution in [0.5, 0.6) is 0 Å². The van der Waals surface area contributed by atoms with Gasteiger partial charge in [-0.1, -0.05) is 13.8 Å². The molecule has 2 heteroatoms. The van der Waals surface area contributed by atoms with Crippen molar-refractivity contribution in [2.45, 2.75) is 33.6 Å². The molecule has 0 aliphatic carbocycles. The van der Waals surface area contributed by atoms with Gasteiger partial charge in [0.15, 0.2) is 0 Å². The van der Waals surface area contributed by atoms with Gasteiger partial charge in [0.2, 0.25) is 0 Å². The van der Waals surface area contributed by atoms with Crippen molar-refractivity contribution in [1.29, 1.82) is 0 Å². The van der Waals surface area contributed by atoms with Crippen LogP contribution in [0.3, 0.4) is 0 Å². The van der Waals surface area contributed by atoms with Crippen LogP contribution < -0.4 is 0 Å². The van der Waals surface area contributed by atoms with E-state index in [2.05, 4.69) is 19.1 Å². The minimum atomic E-state index is 0.182. The molecule has 1 aromatic rings. The van der Waals surface area contributed by atoms with Gasteiger partial charge in [0.25, 0.3) is 0 Å². The highest BCUT2D eigenvalue weighted by molar-refractivity contribution is 7.11. The number of Topliss-reactive ketones (excluding diaryl/α,β-unsaturated/α-hetero) is 1. The normalized spacial score (nSPS) is 10.8. The molecule has 0 radical (unpaired) electrons. The lowest BCUT2D eigenvalue weighted by molar-refractivity contribution is -0.121. The van der Waals surface area contributed by atoms with E-state index in [4.69, 9.17) is 0 Å². The molecule has 1 nitrogen and oxygen atoms in total. The summed E-state index contributed by atoms with van der Waals surface area (Å²) >= 11 is 1.79. The van der Waals surface area contributed by atoms with Crippen LogP contribution in [-0.4, -0.2) is 5.78 Å². The van der Waals surface area contributed by atoms with Gasteiger partial charge in [-0.15, -0.1) is 11.3 Å². The molecule has 1 heterocycles. The largest absolute Gasteiger partial charge is 0.299 e. The van der Waals surface area contributed by atoms with Crippen LogP contribution in [0, 0.1) is 12.8 Å². The molecule has 1 rings (SSSR count). The van der Waals surface area contributed by atoms with Crippen LogP contribution in [0.15, 0.2) is 12.1 Å². The molecule has 1 aromatic heterocycles. The number of thiophene rings is 1. The molecule has 13 heavy (non-hydrogen) atoms. The van der Waals surface area contributed by atoms with Crippen molar-refractivity contribution < 1.29 is 4.79 Å². The predicted molar refractivity (Wildman–Crippen MR) is 57.2 cm³/mol. The summed E-state index contributed by atoms with van der Waals surface area (Å²) < 4.78 is 0. The van der Waals surface area contributed by atoms with Crippen molar-refractivity contribution in [3.05, 3.63) is 21.9 Å².